The molecule has 1 heterocycles. The summed E-state index contributed by atoms with van der Waals surface area (Å²) < 4.78 is 5.19. The van der Waals surface area contributed by atoms with Crippen LogP contribution in [0.3, 0.4) is 0 Å². The first-order valence-electron chi connectivity index (χ1n) is 11.9. The van der Waals surface area contributed by atoms with Gasteiger partial charge in [-0.25, -0.2) is 9.78 Å². The molecular weight excluding hydrogens is 488 g/mol. The van der Waals surface area contributed by atoms with E-state index in [0.717, 1.165) is 5.56 Å². The van der Waals surface area contributed by atoms with Crippen molar-refractivity contribution in [2.24, 2.45) is 11.1 Å². The maximum absolute atomic E-state index is 13.3. The molecular formula is C28H32N4O6. The Morgan fingerprint density at radius 1 is 1.03 bits per heavy atom. The maximum atomic E-state index is 13.3. The van der Waals surface area contributed by atoms with Crippen LogP contribution in [0.4, 0.5) is 5.69 Å². The molecule has 2 aromatic carbocycles. The third kappa shape index (κ3) is 6.53. The minimum Gasteiger partial charge on any atom is -0.481 e. The fourth-order valence-electron chi connectivity index (χ4n) is 3.79. The lowest BCUT2D eigenvalue weighted by Gasteiger charge is -2.29. The lowest BCUT2D eigenvalue weighted by molar-refractivity contribution is 0.0697. The molecule has 0 saturated carbocycles. The third-order valence-electron chi connectivity index (χ3n) is 6.05. The Kier molecular flexibility index (Phi) is 8.82. The molecule has 6 N–H and O–H groups in total. The van der Waals surface area contributed by atoms with Gasteiger partial charge in [0.2, 0.25) is 5.88 Å². The highest BCUT2D eigenvalue weighted by Crippen LogP contribution is 2.30. The molecule has 3 rings (SSSR count). The number of aromatic carboxylic acids is 1. The van der Waals surface area contributed by atoms with Gasteiger partial charge >= 0.3 is 5.97 Å². The second-order valence-electron chi connectivity index (χ2n) is 9.75. The van der Waals surface area contributed by atoms with E-state index in [0.29, 0.717) is 12.2 Å². The van der Waals surface area contributed by atoms with Gasteiger partial charge in [-0.3, -0.25) is 9.59 Å². The number of nitrogens with one attached hydrogen (secondary N) is 2. The van der Waals surface area contributed by atoms with Crippen LogP contribution in [0.1, 0.15) is 57.5 Å². The van der Waals surface area contributed by atoms with E-state index in [-0.39, 0.29) is 40.4 Å². The number of carbonyl (C=O) groups is 3. The van der Waals surface area contributed by atoms with Gasteiger partial charge in [-0.2, -0.15) is 0 Å². The van der Waals surface area contributed by atoms with Crippen LogP contribution in [0.15, 0.2) is 54.6 Å². The van der Waals surface area contributed by atoms with Gasteiger partial charge in [-0.1, -0.05) is 39.0 Å². The van der Waals surface area contributed by atoms with E-state index < -0.39 is 29.2 Å². The van der Waals surface area contributed by atoms with E-state index >= 15 is 0 Å². The summed E-state index contributed by atoms with van der Waals surface area (Å²) in [7, 11) is 1.40. The Morgan fingerprint density at radius 2 is 1.74 bits per heavy atom. The Balaban J connectivity index is 2.04. The van der Waals surface area contributed by atoms with Gasteiger partial charge in [0, 0.05) is 29.4 Å². The second-order valence-corrected chi connectivity index (χ2v) is 9.75. The zero-order chi connectivity index (χ0) is 28.0. The fraction of sp³-hybridized carbons (Fsp3) is 0.286. The molecule has 3 aromatic rings. The summed E-state index contributed by atoms with van der Waals surface area (Å²) in [6, 6.07) is 13.7. The van der Waals surface area contributed by atoms with Gasteiger partial charge in [0.1, 0.15) is 5.69 Å². The van der Waals surface area contributed by atoms with Gasteiger partial charge in [0.05, 0.1) is 25.3 Å². The first-order chi connectivity index (χ1) is 18.0. The van der Waals surface area contributed by atoms with E-state index in [1.54, 1.807) is 24.3 Å². The molecule has 10 heteroatoms. The predicted octanol–water partition coefficient (Wildman–Crippen LogP) is 3.30. The Morgan fingerprint density at radius 3 is 2.34 bits per heavy atom. The minimum absolute atomic E-state index is 0.0599. The SMILES string of the molecule is COc1ccc(-c2ccc(C(=O)N[C@H](CO)C(C)(C)C)cc2C(=O)O)c(C(=O)Nc2cccc(CN)c2)n1. The number of pyridine rings is 1. The van der Waals surface area contributed by atoms with E-state index in [9.17, 15) is 24.6 Å². The molecule has 0 radical (unpaired) electrons. The zero-order valence-electron chi connectivity index (χ0n) is 21.7. The van der Waals surface area contributed by atoms with Crippen molar-refractivity contribution in [2.45, 2.75) is 33.4 Å². The molecule has 200 valence electrons. The molecule has 0 saturated heterocycles. The number of methoxy groups -OCH3 is 1. The number of aliphatic hydroxyl groups is 1. The summed E-state index contributed by atoms with van der Waals surface area (Å²) in [5, 5.41) is 25.2. The van der Waals surface area contributed by atoms with Crippen LogP contribution >= 0.6 is 0 Å². The zero-order valence-corrected chi connectivity index (χ0v) is 21.7. The molecule has 0 bridgehead atoms. The highest BCUT2D eigenvalue weighted by molar-refractivity contribution is 6.09. The van der Waals surface area contributed by atoms with Gasteiger partial charge in [0.25, 0.3) is 11.8 Å². The number of rotatable bonds is 9. The first kappa shape index (κ1) is 28.3. The highest BCUT2D eigenvalue weighted by Gasteiger charge is 2.27. The van der Waals surface area contributed by atoms with Crippen molar-refractivity contribution in [3.8, 4) is 17.0 Å². The van der Waals surface area contributed by atoms with Gasteiger partial charge in [-0.05, 0) is 46.9 Å². The molecule has 2 amide bonds. The molecule has 1 atom stereocenters. The summed E-state index contributed by atoms with van der Waals surface area (Å²) in [5.41, 5.74) is 6.87. The van der Waals surface area contributed by atoms with Crippen molar-refractivity contribution in [3.05, 3.63) is 77.0 Å². The number of benzene rings is 2. The third-order valence-corrected chi connectivity index (χ3v) is 6.05. The summed E-state index contributed by atoms with van der Waals surface area (Å²) in [4.78, 5) is 42.7. The number of nitrogens with zero attached hydrogens (tertiary/aromatic N) is 1. The standard InChI is InChI=1S/C28H32N4O6/c1-28(2,3)22(15-33)31-25(34)17-8-9-19(21(13-17)27(36)37)20-10-11-23(38-4)32-24(20)26(35)30-18-7-5-6-16(12-18)14-29/h5-13,22,33H,14-15,29H2,1-4H3,(H,30,35)(H,31,34)(H,36,37)/t22-/m1/s1. The normalized spacial score (nSPS) is 11.9. The number of carbonyl (C=O) groups excluding carboxylic acids is 2. The summed E-state index contributed by atoms with van der Waals surface area (Å²) in [5.74, 6) is -2.23. The largest absolute Gasteiger partial charge is 0.481 e. The number of carboxylic acid groups (broad SMARTS) is 1. The van der Waals surface area contributed by atoms with Crippen LogP contribution in [0.2, 0.25) is 0 Å². The Labute approximate surface area is 220 Å². The highest BCUT2D eigenvalue weighted by atomic mass is 16.5. The van der Waals surface area contributed by atoms with Gasteiger partial charge in [0.15, 0.2) is 0 Å². The second kappa shape index (κ2) is 11.8. The fourth-order valence-corrected chi connectivity index (χ4v) is 3.79. The van der Waals surface area contributed by atoms with Gasteiger partial charge < -0.3 is 31.3 Å². The number of anilines is 1. The molecule has 1 aromatic heterocycles. The average Bonchev–Trinajstić information content (AvgIpc) is 2.90. The number of hydrogen-bond donors (Lipinski definition) is 5. The predicted molar refractivity (Wildman–Crippen MR) is 143 cm³/mol. The topological polar surface area (TPSA) is 164 Å². The van der Waals surface area contributed by atoms with Crippen molar-refractivity contribution >= 4 is 23.5 Å². The molecule has 0 unspecified atom stereocenters. The molecule has 0 fully saturated rings. The van der Waals surface area contributed by atoms with Crippen molar-refractivity contribution in [1.82, 2.24) is 10.3 Å². The molecule has 0 spiro atoms. The maximum Gasteiger partial charge on any atom is 0.336 e. The van der Waals surface area contributed by atoms with E-state index in [2.05, 4.69) is 15.6 Å². The molecule has 0 aliphatic rings. The lowest BCUT2D eigenvalue weighted by atomic mass is 9.87. The van der Waals surface area contributed by atoms with E-state index in [1.807, 2.05) is 26.8 Å². The molecule has 0 aliphatic heterocycles. The number of hydrogen-bond acceptors (Lipinski definition) is 7. The van der Waals surface area contributed by atoms with Crippen LogP contribution in [0.25, 0.3) is 11.1 Å². The van der Waals surface area contributed by atoms with Crippen molar-refractivity contribution in [1.29, 1.82) is 0 Å². The average molecular weight is 521 g/mol. The Bertz CT molecular complexity index is 1350. The first-order valence-corrected chi connectivity index (χ1v) is 11.9. The number of aromatic nitrogens is 1. The number of aliphatic hydroxyl groups excluding tert-OH is 1. The van der Waals surface area contributed by atoms with Crippen molar-refractivity contribution < 1.29 is 29.3 Å². The number of ether oxygens (including phenoxy) is 1. The van der Waals surface area contributed by atoms with Crippen molar-refractivity contribution in [3.63, 3.8) is 0 Å². The summed E-state index contributed by atoms with van der Waals surface area (Å²) >= 11 is 0. The smallest absolute Gasteiger partial charge is 0.336 e. The quantitative estimate of drug-likeness (QED) is 0.287. The van der Waals surface area contributed by atoms with Crippen molar-refractivity contribution in [2.75, 3.05) is 19.0 Å². The van der Waals surface area contributed by atoms with Crippen LogP contribution in [-0.4, -0.2) is 52.7 Å². The molecule has 38 heavy (non-hydrogen) atoms. The van der Waals surface area contributed by atoms with Crippen LogP contribution in [0.5, 0.6) is 5.88 Å². The number of amides is 2. The minimum atomic E-state index is -1.29. The number of carboxylic acids is 1. The lowest BCUT2D eigenvalue weighted by Crippen LogP contribution is -2.46. The molecule has 0 aliphatic carbocycles. The van der Waals surface area contributed by atoms with Crippen LogP contribution in [-0.2, 0) is 6.54 Å². The monoisotopic (exact) mass is 520 g/mol. The summed E-state index contributed by atoms with van der Waals surface area (Å²) in [6.07, 6.45) is 0. The van der Waals surface area contributed by atoms with Crippen LogP contribution in [0, 0.1) is 5.41 Å². The van der Waals surface area contributed by atoms with E-state index in [1.165, 1.54) is 31.4 Å². The van der Waals surface area contributed by atoms with Crippen LogP contribution < -0.4 is 21.1 Å². The molecule has 10 nitrogen and oxygen atoms in total. The van der Waals surface area contributed by atoms with Gasteiger partial charge in [-0.15, -0.1) is 0 Å². The summed E-state index contributed by atoms with van der Waals surface area (Å²) in [6.45, 7) is 5.63. The number of nitrogens with two attached hydrogens (primary N) is 1. The van der Waals surface area contributed by atoms with E-state index in [4.69, 9.17) is 10.5 Å². The Hall–Kier alpha value is -4.28.